The molecule has 0 radical (unpaired) electrons. The molecule has 0 saturated heterocycles. The van der Waals surface area contributed by atoms with Crippen LogP contribution in [0, 0.1) is 24.5 Å². The lowest BCUT2D eigenvalue weighted by molar-refractivity contribution is -0.138. The lowest BCUT2D eigenvalue weighted by Gasteiger charge is -2.12. The second-order valence-corrected chi connectivity index (χ2v) is 10.3. The molecule has 0 bridgehead atoms. The molecule has 4 rings (SSSR count). The third-order valence-electron chi connectivity index (χ3n) is 5.91. The number of aryl methyl sites for hydroxylation is 1. The molecule has 2 unspecified atom stereocenters. The molecule has 3 aromatic carbocycles. The Hall–Kier alpha value is -2.88. The van der Waals surface area contributed by atoms with E-state index in [0.29, 0.717) is 11.6 Å². The Morgan fingerprint density at radius 2 is 1.65 bits per heavy atom. The fourth-order valence-corrected chi connectivity index (χ4v) is 5.08. The van der Waals surface area contributed by atoms with Crippen molar-refractivity contribution >= 4 is 58.0 Å². The van der Waals surface area contributed by atoms with Crippen molar-refractivity contribution in [2.75, 3.05) is 10.6 Å². The van der Waals surface area contributed by atoms with E-state index in [9.17, 15) is 31.5 Å². The van der Waals surface area contributed by atoms with E-state index in [0.717, 1.165) is 18.2 Å². The van der Waals surface area contributed by atoms with Crippen LogP contribution >= 0.6 is 34.8 Å². The first-order valence-electron chi connectivity index (χ1n) is 10.6. The summed E-state index contributed by atoms with van der Waals surface area (Å²) >= 11 is 18.7. The first-order valence-corrected chi connectivity index (χ1v) is 11.8. The number of benzene rings is 3. The highest BCUT2D eigenvalue weighted by Crippen LogP contribution is 2.65. The number of carbonyl (C=O) groups excluding carboxylic acids is 2. The molecular weight excluding hydrogens is 562 g/mol. The molecule has 2 N–H and O–H groups in total. The molecule has 37 heavy (non-hydrogen) atoms. The van der Waals surface area contributed by atoms with E-state index in [-0.39, 0.29) is 27.5 Å². The van der Waals surface area contributed by atoms with Crippen molar-refractivity contribution in [1.82, 2.24) is 0 Å². The number of hydrogen-bond donors (Lipinski definition) is 2. The van der Waals surface area contributed by atoms with Gasteiger partial charge in [0.25, 0.3) is 5.91 Å². The van der Waals surface area contributed by atoms with Gasteiger partial charge >= 0.3 is 6.18 Å². The molecule has 0 aliphatic heterocycles. The van der Waals surface area contributed by atoms with Crippen LogP contribution in [-0.4, -0.2) is 16.1 Å². The van der Waals surface area contributed by atoms with Crippen LogP contribution in [0.15, 0.2) is 54.6 Å². The van der Waals surface area contributed by atoms with E-state index >= 15 is 0 Å². The standard InChI is InChI=1S/C25H16Cl3F5N2O2/c1-11-8-12(2-5-16(11)25(31,32)33)20-21(24(20,27)28)23(37)34-14-4-6-17(26)15(10-14)22(36)35-19-7-3-13(29)9-18(19)30/h2-10,20-21H,1H3,(H,34,37)(H,35,36). The van der Waals surface area contributed by atoms with Gasteiger partial charge in [-0.15, -0.1) is 23.2 Å². The largest absolute Gasteiger partial charge is 0.416 e. The molecule has 0 heterocycles. The normalized spacial score (nSPS) is 18.3. The van der Waals surface area contributed by atoms with E-state index in [2.05, 4.69) is 10.6 Å². The maximum atomic E-state index is 13.9. The minimum absolute atomic E-state index is 0.00780. The van der Waals surface area contributed by atoms with Crippen molar-refractivity contribution in [3.63, 3.8) is 0 Å². The summed E-state index contributed by atoms with van der Waals surface area (Å²) < 4.78 is 64.7. The molecule has 1 fully saturated rings. The molecule has 2 atom stereocenters. The van der Waals surface area contributed by atoms with E-state index in [1.807, 2.05) is 0 Å². The lowest BCUT2D eigenvalue weighted by atomic mass is 10.0. The van der Waals surface area contributed by atoms with Gasteiger partial charge in [0, 0.05) is 17.7 Å². The van der Waals surface area contributed by atoms with Crippen LogP contribution in [0.4, 0.5) is 33.3 Å². The maximum absolute atomic E-state index is 13.9. The van der Waals surface area contributed by atoms with Crippen LogP contribution in [0.25, 0.3) is 0 Å². The van der Waals surface area contributed by atoms with Crippen molar-refractivity contribution in [1.29, 1.82) is 0 Å². The van der Waals surface area contributed by atoms with Gasteiger partial charge in [0.2, 0.25) is 5.91 Å². The zero-order valence-electron chi connectivity index (χ0n) is 18.7. The Morgan fingerprint density at radius 3 is 2.27 bits per heavy atom. The molecule has 1 aliphatic carbocycles. The smallest absolute Gasteiger partial charge is 0.326 e. The van der Waals surface area contributed by atoms with Crippen LogP contribution in [-0.2, 0) is 11.0 Å². The number of anilines is 2. The summed E-state index contributed by atoms with van der Waals surface area (Å²) in [4.78, 5) is 25.6. The Kier molecular flexibility index (Phi) is 7.18. The highest BCUT2D eigenvalue weighted by atomic mass is 35.5. The Morgan fingerprint density at radius 1 is 0.946 bits per heavy atom. The van der Waals surface area contributed by atoms with Gasteiger partial charge in [-0.25, -0.2) is 8.78 Å². The fourth-order valence-electron chi connectivity index (χ4n) is 4.04. The van der Waals surface area contributed by atoms with Gasteiger partial charge < -0.3 is 10.6 Å². The van der Waals surface area contributed by atoms with E-state index in [1.54, 1.807) is 0 Å². The van der Waals surface area contributed by atoms with Crippen molar-refractivity contribution in [3.8, 4) is 0 Å². The fraction of sp³-hybridized carbons (Fsp3) is 0.200. The molecule has 194 valence electrons. The van der Waals surface area contributed by atoms with Crippen molar-refractivity contribution in [3.05, 3.63) is 93.5 Å². The van der Waals surface area contributed by atoms with Crippen LogP contribution in [0.1, 0.15) is 33.0 Å². The number of rotatable bonds is 5. The average Bonchev–Trinajstić information content (AvgIpc) is 3.38. The molecule has 4 nitrogen and oxygen atoms in total. The molecular formula is C25H16Cl3F5N2O2. The van der Waals surface area contributed by atoms with Crippen LogP contribution in [0.2, 0.25) is 5.02 Å². The summed E-state index contributed by atoms with van der Waals surface area (Å²) in [6.07, 6.45) is -4.52. The first-order chi connectivity index (χ1) is 17.2. The van der Waals surface area contributed by atoms with E-state index in [1.165, 1.54) is 37.3 Å². The van der Waals surface area contributed by atoms with Gasteiger partial charge in [0.05, 0.1) is 27.8 Å². The predicted octanol–water partition coefficient (Wildman–Crippen LogP) is 7.72. The Bertz CT molecular complexity index is 1410. The molecule has 0 spiro atoms. The summed E-state index contributed by atoms with van der Waals surface area (Å²) in [5.41, 5.74) is -0.729. The monoisotopic (exact) mass is 576 g/mol. The molecule has 1 saturated carbocycles. The van der Waals surface area contributed by atoms with Gasteiger partial charge in [-0.05, 0) is 54.4 Å². The van der Waals surface area contributed by atoms with Crippen molar-refractivity contribution < 1.29 is 31.5 Å². The van der Waals surface area contributed by atoms with Gasteiger partial charge in [0.15, 0.2) is 0 Å². The first kappa shape index (κ1) is 27.2. The van der Waals surface area contributed by atoms with Crippen molar-refractivity contribution in [2.24, 2.45) is 5.92 Å². The van der Waals surface area contributed by atoms with Crippen LogP contribution in [0.5, 0.6) is 0 Å². The minimum Gasteiger partial charge on any atom is -0.326 e. The molecule has 12 heteroatoms. The Labute approximate surface area is 222 Å². The molecule has 0 aromatic heterocycles. The van der Waals surface area contributed by atoms with E-state index < -0.39 is 51.4 Å². The maximum Gasteiger partial charge on any atom is 0.416 e. The summed E-state index contributed by atoms with van der Waals surface area (Å²) in [6.45, 7) is 1.30. The average molecular weight is 578 g/mol. The van der Waals surface area contributed by atoms with Gasteiger partial charge in [-0.3, -0.25) is 9.59 Å². The second-order valence-electron chi connectivity index (χ2n) is 8.46. The second kappa shape index (κ2) is 9.78. The van der Waals surface area contributed by atoms with Gasteiger partial charge in [0.1, 0.15) is 16.0 Å². The van der Waals surface area contributed by atoms with E-state index in [4.69, 9.17) is 34.8 Å². The molecule has 3 aromatic rings. The Balaban J connectivity index is 1.51. The number of nitrogens with one attached hydrogen (secondary N) is 2. The topological polar surface area (TPSA) is 58.2 Å². The predicted molar refractivity (Wildman–Crippen MR) is 131 cm³/mol. The summed E-state index contributed by atoms with van der Waals surface area (Å²) in [6, 6.07) is 10.0. The zero-order chi connectivity index (χ0) is 27.3. The van der Waals surface area contributed by atoms with Crippen LogP contribution < -0.4 is 10.6 Å². The summed E-state index contributed by atoms with van der Waals surface area (Å²) in [5.74, 6) is -5.03. The minimum atomic E-state index is -4.52. The number of halogens is 8. The zero-order valence-corrected chi connectivity index (χ0v) is 21.0. The highest BCUT2D eigenvalue weighted by molar-refractivity contribution is 6.53. The quantitative estimate of drug-likeness (QED) is 0.241. The van der Waals surface area contributed by atoms with Gasteiger partial charge in [-0.2, -0.15) is 13.2 Å². The van der Waals surface area contributed by atoms with Crippen molar-refractivity contribution in [2.45, 2.75) is 23.4 Å². The summed E-state index contributed by atoms with van der Waals surface area (Å²) in [5, 5.41) is 4.83. The number of hydrogen-bond acceptors (Lipinski definition) is 2. The third kappa shape index (κ3) is 5.54. The van der Waals surface area contributed by atoms with Crippen LogP contribution in [0.3, 0.4) is 0 Å². The number of alkyl halides is 5. The molecule has 1 aliphatic rings. The van der Waals surface area contributed by atoms with Gasteiger partial charge in [-0.1, -0.05) is 23.7 Å². The third-order valence-corrected chi connectivity index (χ3v) is 7.18. The number of carbonyl (C=O) groups is 2. The lowest BCUT2D eigenvalue weighted by Crippen LogP contribution is -2.18. The summed E-state index contributed by atoms with van der Waals surface area (Å²) in [7, 11) is 0. The SMILES string of the molecule is Cc1cc(C2C(C(=O)Nc3ccc(Cl)c(C(=O)Nc4ccc(F)cc4F)c3)C2(Cl)Cl)ccc1C(F)(F)F. The highest BCUT2D eigenvalue weighted by Gasteiger charge is 2.67. The molecule has 2 amide bonds. The number of amides is 2.